The van der Waals surface area contributed by atoms with Crippen molar-refractivity contribution < 1.29 is 18.7 Å². The maximum absolute atomic E-state index is 13.6. The average Bonchev–Trinajstić information content (AvgIpc) is 2.86. The van der Waals surface area contributed by atoms with E-state index >= 15 is 0 Å². The number of amides is 1. The molecule has 0 unspecified atom stereocenters. The van der Waals surface area contributed by atoms with Gasteiger partial charge >= 0.3 is 0 Å². The Morgan fingerprint density at radius 2 is 1.96 bits per heavy atom. The van der Waals surface area contributed by atoms with Crippen LogP contribution in [0, 0.1) is 19.7 Å². The summed E-state index contributed by atoms with van der Waals surface area (Å²) in [5.41, 5.74) is 2.09. The Morgan fingerprint density at radius 3 is 2.56 bits per heavy atom. The normalized spacial score (nSPS) is 15.4. The van der Waals surface area contributed by atoms with Gasteiger partial charge in [-0.1, -0.05) is 12.1 Å². The maximum Gasteiger partial charge on any atom is 0.224 e. The van der Waals surface area contributed by atoms with Gasteiger partial charge in [0.05, 0.1) is 30.4 Å². The van der Waals surface area contributed by atoms with E-state index in [1.54, 1.807) is 34.7 Å². The van der Waals surface area contributed by atoms with Gasteiger partial charge in [0.25, 0.3) is 0 Å². The molecule has 27 heavy (non-hydrogen) atoms. The van der Waals surface area contributed by atoms with Crippen molar-refractivity contribution in [1.82, 2.24) is 14.7 Å². The molecule has 0 saturated carbocycles. The van der Waals surface area contributed by atoms with Crippen molar-refractivity contribution in [3.63, 3.8) is 0 Å². The van der Waals surface area contributed by atoms with E-state index in [1.807, 2.05) is 13.8 Å². The lowest BCUT2D eigenvalue weighted by Gasteiger charge is -2.39. The second kappa shape index (κ2) is 7.50. The minimum absolute atomic E-state index is 0.00666. The number of ketones is 1. The molecule has 0 aliphatic carbocycles. The summed E-state index contributed by atoms with van der Waals surface area (Å²) in [7, 11) is 0. The van der Waals surface area contributed by atoms with Gasteiger partial charge in [-0.2, -0.15) is 5.10 Å². The zero-order chi connectivity index (χ0) is 19.7. The van der Waals surface area contributed by atoms with Crippen molar-refractivity contribution in [3.8, 4) is 5.75 Å². The zero-order valence-electron chi connectivity index (χ0n) is 16.0. The number of aryl methyl sites for hydroxylation is 1. The Hall–Kier alpha value is -2.70. The largest absolute Gasteiger partial charge is 0.484 e. The number of para-hydroxylation sites is 1. The summed E-state index contributed by atoms with van der Waals surface area (Å²) >= 11 is 0. The second-order valence-electron chi connectivity index (χ2n) is 7.07. The molecule has 3 rings (SSSR count). The molecule has 0 radical (unpaired) electrons. The van der Waals surface area contributed by atoms with Crippen LogP contribution in [0.25, 0.3) is 0 Å². The van der Waals surface area contributed by atoms with Crippen molar-refractivity contribution >= 4 is 11.7 Å². The van der Waals surface area contributed by atoms with Crippen molar-refractivity contribution in [2.75, 3.05) is 13.1 Å². The van der Waals surface area contributed by atoms with Crippen LogP contribution in [0.3, 0.4) is 0 Å². The SMILES string of the molecule is CC(=O)c1c(C)nn([C@@H](C)CC(=O)N2CC(Oc3ccccc3F)C2)c1C. The van der Waals surface area contributed by atoms with Gasteiger partial charge in [0.1, 0.15) is 6.10 Å². The molecule has 2 heterocycles. The lowest BCUT2D eigenvalue weighted by atomic mass is 10.1. The van der Waals surface area contributed by atoms with Crippen molar-refractivity contribution in [2.45, 2.75) is 46.3 Å². The van der Waals surface area contributed by atoms with Crippen LogP contribution in [0.15, 0.2) is 24.3 Å². The Bertz CT molecular complexity index is 871. The lowest BCUT2D eigenvalue weighted by molar-refractivity contribution is -0.140. The van der Waals surface area contributed by atoms with E-state index in [0.29, 0.717) is 24.3 Å². The van der Waals surface area contributed by atoms with E-state index < -0.39 is 5.82 Å². The highest BCUT2D eigenvalue weighted by Crippen LogP contribution is 2.24. The predicted molar refractivity (Wildman–Crippen MR) is 98.4 cm³/mol. The third kappa shape index (κ3) is 3.86. The van der Waals surface area contributed by atoms with Crippen LogP contribution in [-0.4, -0.2) is 45.6 Å². The van der Waals surface area contributed by atoms with Crippen LogP contribution >= 0.6 is 0 Å². The van der Waals surface area contributed by atoms with Gasteiger partial charge in [0, 0.05) is 12.1 Å². The van der Waals surface area contributed by atoms with Crippen LogP contribution in [0.1, 0.15) is 48.1 Å². The highest BCUT2D eigenvalue weighted by atomic mass is 19.1. The molecule has 1 fully saturated rings. The number of ether oxygens (including phenoxy) is 1. The first-order chi connectivity index (χ1) is 12.8. The van der Waals surface area contributed by atoms with Crippen LogP contribution in [0.2, 0.25) is 0 Å². The number of hydrogen-bond acceptors (Lipinski definition) is 4. The molecule has 0 bridgehead atoms. The Kier molecular flexibility index (Phi) is 5.30. The Morgan fingerprint density at radius 1 is 1.30 bits per heavy atom. The van der Waals surface area contributed by atoms with Crippen molar-refractivity contribution in [2.24, 2.45) is 0 Å². The van der Waals surface area contributed by atoms with Gasteiger partial charge in [0.15, 0.2) is 17.3 Å². The second-order valence-corrected chi connectivity index (χ2v) is 7.07. The summed E-state index contributed by atoms with van der Waals surface area (Å²) in [5.74, 6) is -0.220. The number of halogens is 1. The highest BCUT2D eigenvalue weighted by molar-refractivity contribution is 5.96. The summed E-state index contributed by atoms with van der Waals surface area (Å²) in [6.45, 7) is 7.96. The number of benzene rings is 1. The van der Waals surface area contributed by atoms with Gasteiger partial charge in [-0.05, 0) is 39.8 Å². The third-order valence-corrected chi connectivity index (χ3v) is 4.90. The molecule has 0 spiro atoms. The molecule has 0 N–H and O–H groups in total. The van der Waals surface area contributed by atoms with Crippen LogP contribution < -0.4 is 4.74 Å². The predicted octanol–water partition coefficient (Wildman–Crippen LogP) is 3.08. The molecule has 1 saturated heterocycles. The van der Waals surface area contributed by atoms with Crippen LogP contribution in [0.4, 0.5) is 4.39 Å². The van der Waals surface area contributed by atoms with Crippen molar-refractivity contribution in [3.05, 3.63) is 47.0 Å². The molecule has 1 aromatic carbocycles. The minimum atomic E-state index is -0.401. The fraction of sp³-hybridized carbons (Fsp3) is 0.450. The molecule has 6 nitrogen and oxygen atoms in total. The molecule has 144 valence electrons. The third-order valence-electron chi connectivity index (χ3n) is 4.90. The molecule has 1 atom stereocenters. The summed E-state index contributed by atoms with van der Waals surface area (Å²) in [5, 5.41) is 4.43. The minimum Gasteiger partial charge on any atom is -0.484 e. The summed E-state index contributed by atoms with van der Waals surface area (Å²) in [6.07, 6.45) is 0.0882. The van der Waals surface area contributed by atoms with Gasteiger partial charge in [-0.3, -0.25) is 14.3 Å². The van der Waals surface area contributed by atoms with E-state index in [-0.39, 0.29) is 36.0 Å². The monoisotopic (exact) mass is 373 g/mol. The topological polar surface area (TPSA) is 64.4 Å². The molecule has 1 aliphatic rings. The number of aromatic nitrogens is 2. The van der Waals surface area contributed by atoms with Gasteiger partial charge in [0.2, 0.25) is 5.91 Å². The molecule has 1 aliphatic heterocycles. The number of hydrogen-bond donors (Lipinski definition) is 0. The van der Waals surface area contributed by atoms with Crippen molar-refractivity contribution in [1.29, 1.82) is 0 Å². The molecular weight excluding hydrogens is 349 g/mol. The molecule has 1 amide bonds. The number of nitrogens with zero attached hydrogens (tertiary/aromatic N) is 3. The Balaban J connectivity index is 1.55. The van der Waals surface area contributed by atoms with E-state index in [4.69, 9.17) is 4.74 Å². The standard InChI is InChI=1S/C20H24FN3O3/c1-12(24-14(3)20(15(4)25)13(2)22-24)9-19(26)23-10-16(11-23)27-18-8-6-5-7-17(18)21/h5-8,12,16H,9-11H2,1-4H3/t12-/m0/s1. The summed E-state index contributed by atoms with van der Waals surface area (Å²) < 4.78 is 21.0. The van der Waals surface area contributed by atoms with Gasteiger partial charge < -0.3 is 9.64 Å². The average molecular weight is 373 g/mol. The first-order valence-corrected chi connectivity index (χ1v) is 9.03. The van der Waals surface area contributed by atoms with Crippen LogP contribution in [-0.2, 0) is 4.79 Å². The zero-order valence-corrected chi connectivity index (χ0v) is 16.0. The quantitative estimate of drug-likeness (QED) is 0.730. The molecule has 1 aromatic heterocycles. The van der Waals surface area contributed by atoms with E-state index in [0.717, 1.165) is 5.69 Å². The molecule has 2 aromatic rings. The molecule has 7 heteroatoms. The highest BCUT2D eigenvalue weighted by Gasteiger charge is 2.33. The summed E-state index contributed by atoms with van der Waals surface area (Å²) in [6, 6.07) is 6.10. The smallest absolute Gasteiger partial charge is 0.224 e. The first-order valence-electron chi connectivity index (χ1n) is 9.03. The number of Topliss-reactive ketones (excluding diaryl/α,β-unsaturated/α-hetero) is 1. The Labute approximate surface area is 157 Å². The number of carbonyl (C=O) groups excluding carboxylic acids is 2. The summed E-state index contributed by atoms with van der Waals surface area (Å²) in [4.78, 5) is 25.9. The van der Waals surface area contributed by atoms with Gasteiger partial charge in [-0.25, -0.2) is 4.39 Å². The first kappa shape index (κ1) is 19.1. The maximum atomic E-state index is 13.6. The molecular formula is C20H24FN3O3. The fourth-order valence-corrected chi connectivity index (χ4v) is 3.51. The number of likely N-dealkylation sites (tertiary alicyclic amines) is 1. The van der Waals surface area contributed by atoms with Gasteiger partial charge in [-0.15, -0.1) is 0 Å². The van der Waals surface area contributed by atoms with E-state index in [2.05, 4.69) is 5.10 Å². The van der Waals surface area contributed by atoms with E-state index in [1.165, 1.54) is 13.0 Å². The lowest BCUT2D eigenvalue weighted by Crippen LogP contribution is -2.56. The number of rotatable bonds is 6. The van der Waals surface area contributed by atoms with E-state index in [9.17, 15) is 14.0 Å². The number of carbonyl (C=O) groups is 2. The fourth-order valence-electron chi connectivity index (χ4n) is 3.51. The van der Waals surface area contributed by atoms with Crippen LogP contribution in [0.5, 0.6) is 5.75 Å².